The molecule has 28 heavy (non-hydrogen) atoms. The molecule has 3 heterocycles. The topological polar surface area (TPSA) is 38.9 Å². The molecule has 0 bridgehead atoms. The van der Waals surface area contributed by atoms with E-state index in [4.69, 9.17) is 9.40 Å². The second-order valence-electron chi connectivity index (χ2n) is 9.18. The summed E-state index contributed by atoms with van der Waals surface area (Å²) in [7, 11) is -1.45. The van der Waals surface area contributed by atoms with E-state index < -0.39 is 8.07 Å². The maximum Gasteiger partial charge on any atom is 0.144 e. The molecule has 144 valence electrons. The lowest BCUT2D eigenvalue weighted by molar-refractivity contribution is 0.648. The van der Waals surface area contributed by atoms with Crippen molar-refractivity contribution in [1.29, 1.82) is 0 Å². The van der Waals surface area contributed by atoms with Gasteiger partial charge in [0.25, 0.3) is 0 Å². The van der Waals surface area contributed by atoms with E-state index in [1.807, 2.05) is 19.2 Å². The number of hydrogen-bond acceptors (Lipinski definition) is 3. The van der Waals surface area contributed by atoms with Crippen LogP contribution in [0.4, 0.5) is 0 Å². The average molecular weight is 389 g/mol. The highest BCUT2D eigenvalue weighted by molar-refractivity contribution is 6.89. The molecule has 0 radical (unpaired) electrons. The van der Waals surface area contributed by atoms with E-state index in [-0.39, 0.29) is 0 Å². The van der Waals surface area contributed by atoms with Crippen molar-refractivity contribution in [3.63, 3.8) is 0 Å². The van der Waals surface area contributed by atoms with Gasteiger partial charge in [0.05, 0.1) is 13.8 Å². The molecule has 0 N–H and O–H groups in total. The summed E-state index contributed by atoms with van der Waals surface area (Å²) in [6.45, 7) is 13.7. The minimum Gasteiger partial charge on any atom is -0.455 e. The normalized spacial score (nSPS) is 12.4. The number of aromatic nitrogens is 2. The first-order valence-electron chi connectivity index (χ1n) is 10.0. The zero-order valence-electron chi connectivity index (χ0n) is 17.6. The Labute approximate surface area is 167 Å². The third kappa shape index (κ3) is 3.37. The minimum absolute atomic E-state index is 0.612. The lowest BCUT2D eigenvalue weighted by atomic mass is 10.0. The Balaban J connectivity index is 1.93. The molecule has 0 aliphatic heterocycles. The molecule has 0 aliphatic carbocycles. The molecular weight excluding hydrogens is 360 g/mol. The fraction of sp³-hybridized carbons (Fsp3) is 0.333. The van der Waals surface area contributed by atoms with Crippen LogP contribution < -0.4 is 5.19 Å². The maximum atomic E-state index is 6.27. The summed E-state index contributed by atoms with van der Waals surface area (Å²) in [5, 5.41) is 3.62. The van der Waals surface area contributed by atoms with Gasteiger partial charge in [0.1, 0.15) is 11.2 Å². The first-order valence-corrected chi connectivity index (χ1v) is 13.5. The molecule has 0 unspecified atom stereocenters. The Kier molecular flexibility index (Phi) is 4.62. The van der Waals surface area contributed by atoms with Gasteiger partial charge in [-0.1, -0.05) is 45.6 Å². The number of benzene rings is 1. The quantitative estimate of drug-likeness (QED) is 0.397. The Bertz CT molecular complexity index is 1170. The van der Waals surface area contributed by atoms with E-state index in [9.17, 15) is 0 Å². The van der Waals surface area contributed by atoms with Crippen LogP contribution in [0.15, 0.2) is 47.1 Å². The van der Waals surface area contributed by atoms with Gasteiger partial charge in [-0.05, 0) is 42.1 Å². The maximum absolute atomic E-state index is 6.27. The van der Waals surface area contributed by atoms with E-state index in [2.05, 4.69) is 68.9 Å². The van der Waals surface area contributed by atoms with Gasteiger partial charge < -0.3 is 4.42 Å². The first kappa shape index (κ1) is 18.9. The summed E-state index contributed by atoms with van der Waals surface area (Å²) in [5.41, 5.74) is 6.23. The van der Waals surface area contributed by atoms with Gasteiger partial charge in [-0.15, -0.1) is 0 Å². The van der Waals surface area contributed by atoms with Crippen LogP contribution in [-0.4, -0.2) is 18.0 Å². The van der Waals surface area contributed by atoms with Gasteiger partial charge in [-0.3, -0.25) is 9.97 Å². The SMILES string of the molecule is Cc1cc2oc3c(-c4cc(CC(C)C)c([Si](C)(C)C)cn4)cccc3c2cn1. The number of fused-ring (bicyclic) bond motifs is 3. The number of furan rings is 1. The Morgan fingerprint density at radius 2 is 1.79 bits per heavy atom. The number of para-hydroxylation sites is 1. The number of pyridine rings is 2. The summed E-state index contributed by atoms with van der Waals surface area (Å²) in [6, 6.07) is 10.6. The predicted octanol–water partition coefficient (Wildman–Crippen LogP) is 6.10. The largest absolute Gasteiger partial charge is 0.455 e. The molecule has 4 rings (SSSR count). The highest BCUT2D eigenvalue weighted by Crippen LogP contribution is 2.35. The molecule has 0 aliphatic rings. The molecule has 0 fully saturated rings. The van der Waals surface area contributed by atoms with Crippen LogP contribution >= 0.6 is 0 Å². The Morgan fingerprint density at radius 1 is 1.00 bits per heavy atom. The fourth-order valence-corrected chi connectivity index (χ4v) is 5.51. The smallest absolute Gasteiger partial charge is 0.144 e. The summed E-state index contributed by atoms with van der Waals surface area (Å²) in [4.78, 5) is 9.33. The molecule has 4 heteroatoms. The van der Waals surface area contributed by atoms with Crippen LogP contribution in [-0.2, 0) is 6.42 Å². The molecular formula is C24H28N2OSi. The van der Waals surface area contributed by atoms with E-state index >= 15 is 0 Å². The van der Waals surface area contributed by atoms with Gasteiger partial charge >= 0.3 is 0 Å². The summed E-state index contributed by atoms with van der Waals surface area (Å²) < 4.78 is 6.27. The average Bonchev–Trinajstić information content (AvgIpc) is 2.97. The molecule has 3 nitrogen and oxygen atoms in total. The van der Waals surface area contributed by atoms with Crippen molar-refractivity contribution in [1.82, 2.24) is 9.97 Å². The predicted molar refractivity (Wildman–Crippen MR) is 121 cm³/mol. The summed E-state index contributed by atoms with van der Waals surface area (Å²) in [5.74, 6) is 0.612. The number of nitrogens with zero attached hydrogens (tertiary/aromatic N) is 2. The fourth-order valence-electron chi connectivity index (χ4n) is 3.92. The van der Waals surface area contributed by atoms with Crippen molar-refractivity contribution in [2.75, 3.05) is 0 Å². The number of rotatable bonds is 4. The van der Waals surface area contributed by atoms with Crippen molar-refractivity contribution in [3.05, 3.63) is 54.0 Å². The minimum atomic E-state index is -1.45. The lowest BCUT2D eigenvalue weighted by Gasteiger charge is -2.22. The third-order valence-electron chi connectivity index (χ3n) is 5.22. The van der Waals surface area contributed by atoms with Crippen LogP contribution in [0, 0.1) is 12.8 Å². The second kappa shape index (κ2) is 6.85. The van der Waals surface area contributed by atoms with Gasteiger partial charge in [-0.2, -0.15) is 0 Å². The zero-order valence-corrected chi connectivity index (χ0v) is 18.6. The van der Waals surface area contributed by atoms with E-state index in [1.54, 1.807) is 0 Å². The van der Waals surface area contributed by atoms with Crippen LogP contribution in [0.1, 0.15) is 25.1 Å². The zero-order chi connectivity index (χ0) is 20.1. The van der Waals surface area contributed by atoms with Crippen molar-refractivity contribution in [3.8, 4) is 11.3 Å². The number of aryl methyl sites for hydroxylation is 1. The molecule has 3 aromatic heterocycles. The van der Waals surface area contributed by atoms with Crippen molar-refractivity contribution in [2.24, 2.45) is 5.92 Å². The Hall–Kier alpha value is -2.46. The monoisotopic (exact) mass is 388 g/mol. The second-order valence-corrected chi connectivity index (χ2v) is 14.2. The molecule has 4 aromatic rings. The molecule has 0 amide bonds. The number of hydrogen-bond donors (Lipinski definition) is 0. The van der Waals surface area contributed by atoms with Crippen molar-refractivity contribution >= 4 is 35.2 Å². The Morgan fingerprint density at radius 3 is 2.50 bits per heavy atom. The highest BCUT2D eigenvalue weighted by Gasteiger charge is 2.22. The van der Waals surface area contributed by atoms with Crippen LogP contribution in [0.2, 0.25) is 19.6 Å². The van der Waals surface area contributed by atoms with Crippen LogP contribution in [0.5, 0.6) is 0 Å². The molecule has 0 saturated heterocycles. The molecule has 0 spiro atoms. The van der Waals surface area contributed by atoms with E-state index in [1.165, 1.54) is 10.8 Å². The van der Waals surface area contributed by atoms with Gasteiger partial charge in [0, 0.05) is 40.5 Å². The van der Waals surface area contributed by atoms with Gasteiger partial charge in [-0.25, -0.2) is 0 Å². The molecule has 0 atom stereocenters. The van der Waals surface area contributed by atoms with E-state index in [0.717, 1.165) is 45.3 Å². The van der Waals surface area contributed by atoms with Gasteiger partial charge in [0.2, 0.25) is 0 Å². The van der Waals surface area contributed by atoms with Crippen LogP contribution in [0.3, 0.4) is 0 Å². The third-order valence-corrected chi connectivity index (χ3v) is 7.29. The van der Waals surface area contributed by atoms with Crippen LogP contribution in [0.25, 0.3) is 33.2 Å². The van der Waals surface area contributed by atoms with E-state index in [0.29, 0.717) is 5.92 Å². The van der Waals surface area contributed by atoms with Crippen molar-refractivity contribution in [2.45, 2.75) is 46.8 Å². The lowest BCUT2D eigenvalue weighted by Crippen LogP contribution is -2.40. The van der Waals surface area contributed by atoms with Crippen molar-refractivity contribution < 1.29 is 4.42 Å². The molecule has 0 saturated carbocycles. The molecule has 1 aromatic carbocycles. The summed E-state index contributed by atoms with van der Waals surface area (Å²) in [6.07, 6.45) is 5.10. The van der Waals surface area contributed by atoms with Gasteiger partial charge in [0.15, 0.2) is 0 Å². The highest BCUT2D eigenvalue weighted by atomic mass is 28.3. The summed E-state index contributed by atoms with van der Waals surface area (Å²) >= 11 is 0. The standard InChI is InChI=1S/C24H28N2OSi/c1-15(2)10-17-12-21(26-14-23(17)28(4,5)6)19-9-7-8-18-20-13-25-16(3)11-22(20)27-24(18)19/h7-9,11-15H,10H2,1-6H3. The first-order chi connectivity index (χ1) is 13.2.